The van der Waals surface area contributed by atoms with Crippen molar-refractivity contribution in [1.29, 1.82) is 0 Å². The fourth-order valence-corrected chi connectivity index (χ4v) is 3.23. The molecule has 0 aromatic heterocycles. The van der Waals surface area contributed by atoms with E-state index in [1.54, 1.807) is 7.11 Å². The minimum atomic E-state index is 0. The van der Waals surface area contributed by atoms with E-state index in [0.717, 1.165) is 37.0 Å². The third-order valence-electron chi connectivity index (χ3n) is 4.56. The number of likely N-dealkylation sites (N-methyl/N-ethyl adjacent to an activating group) is 1. The van der Waals surface area contributed by atoms with Crippen molar-refractivity contribution < 1.29 is 9.53 Å². The molecule has 0 saturated heterocycles. The predicted octanol–water partition coefficient (Wildman–Crippen LogP) is 2.49. The number of amides is 1. The zero-order chi connectivity index (χ0) is 15.2. The molecule has 0 aliphatic heterocycles. The Morgan fingerprint density at radius 2 is 2.09 bits per heavy atom. The maximum atomic E-state index is 12.5. The molecule has 2 N–H and O–H groups in total. The van der Waals surface area contributed by atoms with Gasteiger partial charge in [0.1, 0.15) is 5.75 Å². The molecule has 0 spiro atoms. The Bertz CT molecular complexity index is 481. The molecule has 1 aromatic carbocycles. The van der Waals surface area contributed by atoms with Crippen molar-refractivity contribution in [2.24, 2.45) is 17.6 Å². The molecule has 0 bridgehead atoms. The highest BCUT2D eigenvalue weighted by atomic mass is 35.5. The van der Waals surface area contributed by atoms with Crippen molar-refractivity contribution in [3.8, 4) is 5.75 Å². The quantitative estimate of drug-likeness (QED) is 0.873. The molecule has 1 saturated carbocycles. The molecule has 5 heteroatoms. The van der Waals surface area contributed by atoms with E-state index in [-0.39, 0.29) is 24.2 Å². The number of nitrogens with zero attached hydrogens (tertiary/aromatic N) is 1. The van der Waals surface area contributed by atoms with Crippen molar-refractivity contribution in [3.63, 3.8) is 0 Å². The molecule has 1 aliphatic rings. The first-order valence-electron chi connectivity index (χ1n) is 7.74. The molecule has 1 aliphatic carbocycles. The Hall–Kier alpha value is -1.26. The van der Waals surface area contributed by atoms with Gasteiger partial charge in [-0.25, -0.2) is 0 Å². The summed E-state index contributed by atoms with van der Waals surface area (Å²) in [7, 11) is 3.57. The van der Waals surface area contributed by atoms with Gasteiger partial charge in [-0.15, -0.1) is 12.4 Å². The molecule has 2 atom stereocenters. The maximum absolute atomic E-state index is 12.5. The van der Waals surface area contributed by atoms with Crippen LogP contribution in [0.25, 0.3) is 0 Å². The molecule has 1 amide bonds. The Morgan fingerprint density at radius 3 is 2.77 bits per heavy atom. The van der Waals surface area contributed by atoms with Crippen molar-refractivity contribution >= 4 is 18.3 Å². The number of methoxy groups -OCH3 is 1. The van der Waals surface area contributed by atoms with Crippen LogP contribution in [0.2, 0.25) is 0 Å². The van der Waals surface area contributed by atoms with Crippen molar-refractivity contribution in [3.05, 3.63) is 29.8 Å². The van der Waals surface area contributed by atoms with E-state index in [1.165, 1.54) is 0 Å². The molecule has 1 aromatic rings. The van der Waals surface area contributed by atoms with Gasteiger partial charge in [-0.1, -0.05) is 24.6 Å². The van der Waals surface area contributed by atoms with Crippen molar-refractivity contribution in [2.45, 2.75) is 25.7 Å². The molecule has 124 valence electrons. The standard InChI is InChI=1S/C17H26N2O2.ClH/c1-19(17(20)15-8-5-7-14(15)12-18)11-10-13-6-3-4-9-16(13)21-2;/h3-4,6,9,14-15H,5,7-8,10-12,18H2,1-2H3;1H/t14-,15-;/m1./s1. The second-order valence-electron chi connectivity index (χ2n) is 5.85. The zero-order valence-corrected chi connectivity index (χ0v) is 14.3. The van der Waals surface area contributed by atoms with Crippen molar-refractivity contribution in [2.75, 3.05) is 27.2 Å². The summed E-state index contributed by atoms with van der Waals surface area (Å²) in [6, 6.07) is 7.97. The van der Waals surface area contributed by atoms with Gasteiger partial charge < -0.3 is 15.4 Å². The smallest absolute Gasteiger partial charge is 0.225 e. The Balaban J connectivity index is 0.00000242. The summed E-state index contributed by atoms with van der Waals surface area (Å²) < 4.78 is 5.35. The normalized spacial score (nSPS) is 20.3. The first kappa shape index (κ1) is 18.8. The Kier molecular flexibility index (Phi) is 7.69. The van der Waals surface area contributed by atoms with Crippen LogP contribution in [0.1, 0.15) is 24.8 Å². The molecule has 22 heavy (non-hydrogen) atoms. The lowest BCUT2D eigenvalue weighted by atomic mass is 9.95. The number of hydrogen-bond donors (Lipinski definition) is 1. The number of para-hydroxylation sites is 1. The van der Waals surface area contributed by atoms with E-state index < -0.39 is 0 Å². The lowest BCUT2D eigenvalue weighted by Crippen LogP contribution is -2.37. The van der Waals surface area contributed by atoms with Gasteiger partial charge in [-0.05, 0) is 43.4 Å². The molecular formula is C17H27ClN2O2. The van der Waals surface area contributed by atoms with Crippen LogP contribution >= 0.6 is 12.4 Å². The Morgan fingerprint density at radius 1 is 1.36 bits per heavy atom. The van der Waals surface area contributed by atoms with Crippen LogP contribution < -0.4 is 10.5 Å². The number of carbonyl (C=O) groups excluding carboxylic acids is 1. The van der Waals surface area contributed by atoms with Crippen LogP contribution in [0.15, 0.2) is 24.3 Å². The van der Waals surface area contributed by atoms with Gasteiger partial charge in [-0.3, -0.25) is 4.79 Å². The number of ether oxygens (including phenoxy) is 1. The maximum Gasteiger partial charge on any atom is 0.225 e. The highest BCUT2D eigenvalue weighted by Crippen LogP contribution is 2.32. The molecule has 4 nitrogen and oxygen atoms in total. The number of hydrogen-bond acceptors (Lipinski definition) is 3. The molecule has 2 rings (SSSR count). The van der Waals surface area contributed by atoms with Gasteiger partial charge in [0.15, 0.2) is 0 Å². The summed E-state index contributed by atoms with van der Waals surface area (Å²) in [6.45, 7) is 1.34. The summed E-state index contributed by atoms with van der Waals surface area (Å²) >= 11 is 0. The number of halogens is 1. The van der Waals surface area contributed by atoms with E-state index in [4.69, 9.17) is 10.5 Å². The third kappa shape index (κ3) is 4.37. The van der Waals surface area contributed by atoms with Crippen LogP contribution in [0.5, 0.6) is 5.75 Å². The average molecular weight is 327 g/mol. The monoisotopic (exact) mass is 326 g/mol. The summed E-state index contributed by atoms with van der Waals surface area (Å²) in [4.78, 5) is 14.4. The van der Waals surface area contributed by atoms with Gasteiger partial charge in [-0.2, -0.15) is 0 Å². The third-order valence-corrected chi connectivity index (χ3v) is 4.56. The van der Waals surface area contributed by atoms with Crippen LogP contribution in [0.4, 0.5) is 0 Å². The summed E-state index contributed by atoms with van der Waals surface area (Å²) in [6.07, 6.45) is 4.01. The summed E-state index contributed by atoms with van der Waals surface area (Å²) in [5.74, 6) is 1.63. The second kappa shape index (κ2) is 9.01. The van der Waals surface area contributed by atoms with Gasteiger partial charge >= 0.3 is 0 Å². The van der Waals surface area contributed by atoms with Crippen LogP contribution in [0, 0.1) is 11.8 Å². The van der Waals surface area contributed by atoms with Gasteiger partial charge in [0.2, 0.25) is 5.91 Å². The number of carbonyl (C=O) groups is 1. The summed E-state index contributed by atoms with van der Waals surface area (Å²) in [5.41, 5.74) is 6.92. The highest BCUT2D eigenvalue weighted by Gasteiger charge is 2.33. The van der Waals surface area contributed by atoms with E-state index in [0.29, 0.717) is 19.0 Å². The summed E-state index contributed by atoms with van der Waals surface area (Å²) in [5, 5.41) is 0. The SMILES string of the molecule is COc1ccccc1CCN(C)C(=O)[C@@H]1CCC[C@@H]1CN.Cl. The van der Waals surface area contributed by atoms with Gasteiger partial charge in [0.25, 0.3) is 0 Å². The highest BCUT2D eigenvalue weighted by molar-refractivity contribution is 5.85. The fraction of sp³-hybridized carbons (Fsp3) is 0.588. The molecule has 1 fully saturated rings. The Labute approximate surface area is 139 Å². The minimum Gasteiger partial charge on any atom is -0.496 e. The fourth-order valence-electron chi connectivity index (χ4n) is 3.23. The van der Waals surface area contributed by atoms with E-state index in [2.05, 4.69) is 6.07 Å². The van der Waals surface area contributed by atoms with E-state index in [9.17, 15) is 4.79 Å². The predicted molar refractivity (Wildman–Crippen MR) is 91.5 cm³/mol. The molecular weight excluding hydrogens is 300 g/mol. The lowest BCUT2D eigenvalue weighted by molar-refractivity contribution is -0.135. The average Bonchev–Trinajstić information content (AvgIpc) is 3.00. The van der Waals surface area contributed by atoms with Crippen molar-refractivity contribution in [1.82, 2.24) is 4.90 Å². The second-order valence-corrected chi connectivity index (χ2v) is 5.85. The lowest BCUT2D eigenvalue weighted by Gasteiger charge is -2.24. The first-order chi connectivity index (χ1) is 10.2. The van der Waals surface area contributed by atoms with Crippen LogP contribution in [-0.2, 0) is 11.2 Å². The molecule has 0 unspecified atom stereocenters. The largest absolute Gasteiger partial charge is 0.496 e. The van der Waals surface area contributed by atoms with E-state index >= 15 is 0 Å². The number of nitrogens with two attached hydrogens (primary N) is 1. The van der Waals surface area contributed by atoms with Gasteiger partial charge in [0, 0.05) is 19.5 Å². The topological polar surface area (TPSA) is 55.6 Å². The van der Waals surface area contributed by atoms with Crippen LogP contribution in [0.3, 0.4) is 0 Å². The number of benzene rings is 1. The molecule has 0 radical (unpaired) electrons. The minimum absolute atomic E-state index is 0. The molecule has 0 heterocycles. The first-order valence-corrected chi connectivity index (χ1v) is 7.74. The van der Waals surface area contributed by atoms with Gasteiger partial charge in [0.05, 0.1) is 7.11 Å². The van der Waals surface area contributed by atoms with Crippen LogP contribution in [-0.4, -0.2) is 38.1 Å². The zero-order valence-electron chi connectivity index (χ0n) is 13.5. The number of rotatable bonds is 6. The van der Waals surface area contributed by atoms with E-state index in [1.807, 2.05) is 30.1 Å².